The fourth-order valence-electron chi connectivity index (χ4n) is 3.13. The molecule has 0 atom stereocenters. The van der Waals surface area contributed by atoms with Gasteiger partial charge in [0.1, 0.15) is 37.1 Å². The van der Waals surface area contributed by atoms with E-state index in [0.29, 0.717) is 6.42 Å². The van der Waals surface area contributed by atoms with Gasteiger partial charge in [0.15, 0.2) is 0 Å². The number of aromatic hydroxyl groups is 3. The fourth-order valence-corrected chi connectivity index (χ4v) is 3.13. The summed E-state index contributed by atoms with van der Waals surface area (Å²) >= 11 is 0. The Bertz CT molecular complexity index is 1030. The molecule has 3 aromatic rings. The first kappa shape index (κ1) is 26.1. The summed E-state index contributed by atoms with van der Waals surface area (Å²) in [6, 6.07) is 16.5. The number of carbonyl (C=O) groups excluding carboxylic acids is 3. The van der Waals surface area contributed by atoms with Crippen molar-refractivity contribution >= 4 is 17.9 Å². The lowest BCUT2D eigenvalue weighted by Crippen LogP contribution is -2.39. The molecule has 0 spiro atoms. The third-order valence-electron chi connectivity index (χ3n) is 5.59. The maximum Gasteiger partial charge on any atom is 0.338 e. The van der Waals surface area contributed by atoms with E-state index in [1.165, 1.54) is 72.8 Å². The summed E-state index contributed by atoms with van der Waals surface area (Å²) in [4.78, 5) is 37.6. The zero-order valence-electron chi connectivity index (χ0n) is 19.5. The highest BCUT2D eigenvalue weighted by Crippen LogP contribution is 2.26. The molecule has 0 bridgehead atoms. The van der Waals surface area contributed by atoms with E-state index >= 15 is 0 Å². The van der Waals surface area contributed by atoms with E-state index < -0.39 is 23.3 Å². The van der Waals surface area contributed by atoms with Crippen molar-refractivity contribution in [2.45, 2.75) is 13.3 Å². The van der Waals surface area contributed by atoms with Crippen LogP contribution in [0.2, 0.25) is 0 Å². The number of hydrogen-bond donors (Lipinski definition) is 3. The quantitative estimate of drug-likeness (QED) is 0.281. The van der Waals surface area contributed by atoms with E-state index in [1.54, 1.807) is 6.92 Å². The molecule has 36 heavy (non-hydrogen) atoms. The van der Waals surface area contributed by atoms with Gasteiger partial charge in [-0.2, -0.15) is 0 Å². The molecular weight excluding hydrogens is 468 g/mol. The Labute approximate surface area is 207 Å². The Balaban J connectivity index is 1.73. The molecule has 0 aliphatic rings. The Kier molecular flexibility index (Phi) is 8.51. The van der Waals surface area contributed by atoms with E-state index in [-0.39, 0.29) is 53.8 Å². The molecule has 9 heteroatoms. The van der Waals surface area contributed by atoms with Crippen molar-refractivity contribution < 1.29 is 43.9 Å². The molecule has 0 unspecified atom stereocenters. The Morgan fingerprint density at radius 3 is 1.03 bits per heavy atom. The molecule has 0 aromatic heterocycles. The summed E-state index contributed by atoms with van der Waals surface area (Å²) in [7, 11) is 0. The monoisotopic (exact) mass is 494 g/mol. The summed E-state index contributed by atoms with van der Waals surface area (Å²) in [6.07, 6.45) is 0.321. The number of phenols is 3. The topological polar surface area (TPSA) is 140 Å². The highest BCUT2D eigenvalue weighted by molar-refractivity contribution is 5.90. The number of rotatable bonds is 10. The molecule has 3 rings (SSSR count). The van der Waals surface area contributed by atoms with Crippen LogP contribution in [0.25, 0.3) is 0 Å². The Morgan fingerprint density at radius 1 is 0.556 bits per heavy atom. The average Bonchev–Trinajstić information content (AvgIpc) is 2.89. The van der Waals surface area contributed by atoms with Crippen LogP contribution in [0, 0.1) is 5.41 Å². The molecule has 3 aromatic carbocycles. The normalized spacial score (nSPS) is 10.9. The van der Waals surface area contributed by atoms with Gasteiger partial charge in [-0.05, 0) is 79.2 Å². The second kappa shape index (κ2) is 11.7. The number of esters is 3. The maximum absolute atomic E-state index is 12.5. The van der Waals surface area contributed by atoms with Crippen molar-refractivity contribution in [3.05, 3.63) is 89.5 Å². The zero-order valence-corrected chi connectivity index (χ0v) is 19.5. The molecule has 0 saturated heterocycles. The lowest BCUT2D eigenvalue weighted by Gasteiger charge is -2.31. The summed E-state index contributed by atoms with van der Waals surface area (Å²) in [6.45, 7) is 1.09. The summed E-state index contributed by atoms with van der Waals surface area (Å²) in [5.41, 5.74) is -0.439. The van der Waals surface area contributed by atoms with Gasteiger partial charge in [-0.25, -0.2) is 14.4 Å². The van der Waals surface area contributed by atoms with Crippen LogP contribution in [0.1, 0.15) is 44.4 Å². The smallest absolute Gasteiger partial charge is 0.338 e. The van der Waals surface area contributed by atoms with Crippen LogP contribution >= 0.6 is 0 Å². The van der Waals surface area contributed by atoms with E-state index in [1.807, 2.05) is 0 Å². The third-order valence-corrected chi connectivity index (χ3v) is 5.59. The van der Waals surface area contributed by atoms with Crippen LogP contribution in [-0.2, 0) is 14.2 Å². The van der Waals surface area contributed by atoms with Crippen molar-refractivity contribution in [3.8, 4) is 17.2 Å². The summed E-state index contributed by atoms with van der Waals surface area (Å²) in [5, 5.41) is 28.3. The molecule has 0 amide bonds. The van der Waals surface area contributed by atoms with Gasteiger partial charge in [-0.15, -0.1) is 0 Å². The number of carbonyl (C=O) groups is 3. The molecule has 0 fully saturated rings. The molecule has 0 saturated carbocycles. The van der Waals surface area contributed by atoms with Gasteiger partial charge in [0.25, 0.3) is 0 Å². The lowest BCUT2D eigenvalue weighted by molar-refractivity contribution is -0.0381. The molecule has 0 aliphatic carbocycles. The molecule has 3 N–H and O–H groups in total. The molecular formula is C27H26O9. The van der Waals surface area contributed by atoms with Gasteiger partial charge in [0.05, 0.1) is 22.1 Å². The highest BCUT2D eigenvalue weighted by atomic mass is 16.6. The SMILES string of the molecule is CCC(COC(=O)c1ccc(O)cc1)(COC(=O)c1ccc(O)cc1)COC(=O)c1ccc(O)cc1. The van der Waals surface area contributed by atoms with E-state index in [9.17, 15) is 29.7 Å². The fraction of sp³-hybridized carbons (Fsp3) is 0.222. The van der Waals surface area contributed by atoms with Crippen LogP contribution in [0.5, 0.6) is 17.2 Å². The second-order valence-electron chi connectivity index (χ2n) is 8.22. The molecule has 0 aliphatic heterocycles. The predicted molar refractivity (Wildman–Crippen MR) is 128 cm³/mol. The van der Waals surface area contributed by atoms with E-state index in [0.717, 1.165) is 0 Å². The van der Waals surface area contributed by atoms with E-state index in [2.05, 4.69) is 0 Å². The molecule has 9 nitrogen and oxygen atoms in total. The van der Waals surface area contributed by atoms with Crippen molar-refractivity contribution in [1.29, 1.82) is 0 Å². The molecule has 188 valence electrons. The average molecular weight is 494 g/mol. The number of benzene rings is 3. The van der Waals surface area contributed by atoms with E-state index in [4.69, 9.17) is 14.2 Å². The number of ether oxygens (including phenoxy) is 3. The van der Waals surface area contributed by atoms with Gasteiger partial charge >= 0.3 is 17.9 Å². The first-order chi connectivity index (χ1) is 17.2. The number of phenolic OH excluding ortho intramolecular Hbond substituents is 3. The van der Waals surface area contributed by atoms with Gasteiger partial charge in [-0.3, -0.25) is 0 Å². The van der Waals surface area contributed by atoms with Crippen molar-refractivity contribution in [2.24, 2.45) is 5.41 Å². The zero-order chi connectivity index (χ0) is 26.1. The summed E-state index contributed by atoms with van der Waals surface area (Å²) < 4.78 is 16.4. The van der Waals surface area contributed by atoms with Crippen LogP contribution in [0.15, 0.2) is 72.8 Å². The lowest BCUT2D eigenvalue weighted by atomic mass is 9.88. The Morgan fingerprint density at radius 2 is 0.806 bits per heavy atom. The van der Waals surface area contributed by atoms with Crippen LogP contribution in [0.3, 0.4) is 0 Å². The van der Waals surface area contributed by atoms with Crippen LogP contribution in [0.4, 0.5) is 0 Å². The molecule has 0 radical (unpaired) electrons. The first-order valence-electron chi connectivity index (χ1n) is 11.1. The van der Waals surface area contributed by atoms with Gasteiger partial charge in [0, 0.05) is 0 Å². The third kappa shape index (κ3) is 6.99. The van der Waals surface area contributed by atoms with Crippen LogP contribution in [-0.4, -0.2) is 53.0 Å². The molecule has 0 heterocycles. The van der Waals surface area contributed by atoms with Crippen molar-refractivity contribution in [3.63, 3.8) is 0 Å². The predicted octanol–water partition coefficient (Wildman–Crippen LogP) is 4.07. The van der Waals surface area contributed by atoms with Gasteiger partial charge < -0.3 is 29.5 Å². The first-order valence-corrected chi connectivity index (χ1v) is 11.1. The minimum Gasteiger partial charge on any atom is -0.508 e. The minimum atomic E-state index is -1.06. The number of hydrogen-bond acceptors (Lipinski definition) is 9. The summed E-state index contributed by atoms with van der Waals surface area (Å²) in [5.74, 6) is -2.00. The van der Waals surface area contributed by atoms with Crippen molar-refractivity contribution in [1.82, 2.24) is 0 Å². The maximum atomic E-state index is 12.5. The van der Waals surface area contributed by atoms with Gasteiger partial charge in [0.2, 0.25) is 0 Å². The second-order valence-corrected chi connectivity index (χ2v) is 8.22. The standard InChI is InChI=1S/C27H26O9/c1-2-27(15-34-24(31)18-3-9-21(28)10-4-18,16-35-25(32)19-5-11-22(29)12-6-19)17-36-26(33)20-7-13-23(30)14-8-20/h3-14,28-30H,2,15-17H2,1H3. The Hall–Kier alpha value is -4.53. The van der Waals surface area contributed by atoms with Crippen molar-refractivity contribution in [2.75, 3.05) is 19.8 Å². The largest absolute Gasteiger partial charge is 0.508 e. The highest BCUT2D eigenvalue weighted by Gasteiger charge is 2.35. The van der Waals surface area contributed by atoms with Gasteiger partial charge in [-0.1, -0.05) is 6.92 Å². The minimum absolute atomic E-state index is 0.00302. The van der Waals surface area contributed by atoms with Crippen LogP contribution < -0.4 is 0 Å².